The second-order valence-corrected chi connectivity index (χ2v) is 4.75. The van der Waals surface area contributed by atoms with Gasteiger partial charge in [0, 0.05) is 18.2 Å². The van der Waals surface area contributed by atoms with Crippen LogP contribution in [-0.2, 0) is 14.3 Å². The Hall–Kier alpha value is -2.08. The van der Waals surface area contributed by atoms with Crippen molar-refractivity contribution in [2.75, 3.05) is 0 Å². The molecule has 6 nitrogen and oxygen atoms in total. The van der Waals surface area contributed by atoms with E-state index < -0.39 is 12.0 Å². The number of carboxylic acid groups (broad SMARTS) is 1. The van der Waals surface area contributed by atoms with Gasteiger partial charge in [-0.3, -0.25) is 4.79 Å². The Morgan fingerprint density at radius 3 is 3.05 bits per heavy atom. The fraction of sp³-hybridized carbons (Fsp3) is 0.385. The van der Waals surface area contributed by atoms with Crippen LogP contribution in [0.4, 0.5) is 0 Å². The zero-order valence-corrected chi connectivity index (χ0v) is 10.0. The summed E-state index contributed by atoms with van der Waals surface area (Å²) < 4.78 is 6.79. The summed E-state index contributed by atoms with van der Waals surface area (Å²) in [6.07, 6.45) is 5.99. The van der Waals surface area contributed by atoms with Crippen molar-refractivity contribution in [1.82, 2.24) is 4.57 Å². The van der Waals surface area contributed by atoms with Gasteiger partial charge in [0.05, 0.1) is 11.6 Å². The molecule has 3 unspecified atom stereocenters. The zero-order valence-electron chi connectivity index (χ0n) is 10.0. The Kier molecular flexibility index (Phi) is 2.67. The number of hydrogen-bond acceptors (Lipinski definition) is 4. The van der Waals surface area contributed by atoms with Crippen LogP contribution in [0.3, 0.4) is 0 Å². The number of carboxylic acids is 1. The summed E-state index contributed by atoms with van der Waals surface area (Å²) in [5, 5.41) is 18.8. The number of aromatic nitrogens is 1. The van der Waals surface area contributed by atoms with Crippen LogP contribution >= 0.6 is 0 Å². The lowest BCUT2D eigenvalue weighted by Crippen LogP contribution is -2.11. The summed E-state index contributed by atoms with van der Waals surface area (Å²) in [5.41, 5.74) is 1.51. The molecule has 0 bridgehead atoms. The average Bonchev–Trinajstić information content (AvgIpc) is 3.09. The summed E-state index contributed by atoms with van der Waals surface area (Å²) in [7, 11) is 0. The van der Waals surface area contributed by atoms with Gasteiger partial charge in [-0.2, -0.15) is 0 Å². The Labute approximate surface area is 108 Å². The Bertz CT molecular complexity index is 574. The summed E-state index contributed by atoms with van der Waals surface area (Å²) >= 11 is 0. The van der Waals surface area contributed by atoms with Crippen molar-refractivity contribution in [2.24, 2.45) is 0 Å². The third kappa shape index (κ3) is 1.94. The Morgan fingerprint density at radius 2 is 2.37 bits per heavy atom. The fourth-order valence-electron chi connectivity index (χ4n) is 2.47. The lowest BCUT2D eigenvalue weighted by Gasteiger charge is -2.12. The number of aldehydes is 1. The second kappa shape index (κ2) is 4.24. The number of epoxide rings is 1. The summed E-state index contributed by atoms with van der Waals surface area (Å²) in [6.45, 7) is 0. The lowest BCUT2D eigenvalue weighted by molar-refractivity contribution is -0.137. The molecular weight excluding hydrogens is 250 g/mol. The van der Waals surface area contributed by atoms with Crippen molar-refractivity contribution in [3.63, 3.8) is 0 Å². The second-order valence-electron chi connectivity index (χ2n) is 4.75. The monoisotopic (exact) mass is 263 g/mol. The van der Waals surface area contributed by atoms with Crippen LogP contribution < -0.4 is 0 Å². The largest absolute Gasteiger partial charge is 0.494 e. The number of carbonyl (C=O) groups excluding carboxylic acids is 1. The Morgan fingerprint density at radius 1 is 1.58 bits per heavy atom. The van der Waals surface area contributed by atoms with E-state index in [-0.39, 0.29) is 30.9 Å². The number of rotatable bonds is 5. The number of ether oxygens (including phenoxy) is 1. The lowest BCUT2D eigenvalue weighted by atomic mass is 10.0. The summed E-state index contributed by atoms with van der Waals surface area (Å²) in [6, 6.07) is -0.674. The number of hydrogen-bond donors (Lipinski definition) is 2. The van der Waals surface area contributed by atoms with Crippen molar-refractivity contribution in [3.05, 3.63) is 23.4 Å². The van der Waals surface area contributed by atoms with Crippen molar-refractivity contribution in [1.29, 1.82) is 0 Å². The minimum Gasteiger partial charge on any atom is -0.494 e. The van der Waals surface area contributed by atoms with Crippen molar-refractivity contribution < 1.29 is 24.5 Å². The van der Waals surface area contributed by atoms with Gasteiger partial charge in [-0.15, -0.1) is 0 Å². The minimum absolute atomic E-state index is 0.00524. The molecule has 3 rings (SSSR count). The number of aliphatic carboxylic acids is 1. The van der Waals surface area contributed by atoms with Crippen LogP contribution in [0, 0.1) is 0 Å². The molecule has 0 radical (unpaired) electrons. The van der Waals surface area contributed by atoms with Gasteiger partial charge in [-0.25, -0.2) is 0 Å². The van der Waals surface area contributed by atoms with Crippen LogP contribution in [-0.4, -0.2) is 33.1 Å². The smallest absolute Gasteiger partial charge is 0.303 e. The van der Waals surface area contributed by atoms with Gasteiger partial charge in [0.15, 0.2) is 5.88 Å². The van der Waals surface area contributed by atoms with Gasteiger partial charge in [0.1, 0.15) is 18.5 Å². The molecule has 100 valence electrons. The summed E-state index contributed by atoms with van der Waals surface area (Å²) in [5.74, 6) is -0.969. The predicted octanol–water partition coefficient (Wildman–Crippen LogP) is 1.27. The molecule has 3 atom stereocenters. The topological polar surface area (TPSA) is 92.1 Å². The molecule has 1 fully saturated rings. The minimum atomic E-state index is -0.964. The Balaban J connectivity index is 1.90. The van der Waals surface area contributed by atoms with E-state index in [2.05, 4.69) is 0 Å². The van der Waals surface area contributed by atoms with Crippen LogP contribution in [0.5, 0.6) is 5.88 Å². The van der Waals surface area contributed by atoms with Gasteiger partial charge >= 0.3 is 5.97 Å². The maximum atomic E-state index is 11.1. The highest BCUT2D eigenvalue weighted by Gasteiger charge is 2.45. The van der Waals surface area contributed by atoms with E-state index in [1.54, 1.807) is 6.20 Å². The molecule has 0 aromatic carbocycles. The molecule has 19 heavy (non-hydrogen) atoms. The summed E-state index contributed by atoms with van der Waals surface area (Å²) in [4.78, 5) is 21.7. The fourth-order valence-corrected chi connectivity index (χ4v) is 2.47. The molecule has 0 saturated carbocycles. The number of carbonyl (C=O) groups is 2. The van der Waals surface area contributed by atoms with E-state index in [1.807, 2.05) is 12.2 Å². The highest BCUT2D eigenvalue weighted by atomic mass is 16.6. The standard InChI is InChI=1S/C13H13NO5/c15-6-8(2-4-10(16)17)14-5-7-1-3-9-12(19-9)11(7)13(14)18/h1,3,5-6,8-9,12,18H,2,4H2,(H,16,17). The first-order valence-corrected chi connectivity index (χ1v) is 6.06. The number of fused-ring (bicyclic) bond motifs is 3. The van der Waals surface area contributed by atoms with E-state index in [9.17, 15) is 14.7 Å². The highest BCUT2D eigenvalue weighted by Crippen LogP contribution is 2.50. The molecule has 1 aliphatic heterocycles. The first kappa shape index (κ1) is 12.0. The average molecular weight is 263 g/mol. The van der Waals surface area contributed by atoms with Crippen LogP contribution in [0.25, 0.3) is 6.08 Å². The van der Waals surface area contributed by atoms with Gasteiger partial charge in [0.2, 0.25) is 0 Å². The van der Waals surface area contributed by atoms with Gasteiger partial charge < -0.3 is 24.3 Å². The van der Waals surface area contributed by atoms with Crippen LogP contribution in [0.15, 0.2) is 12.3 Å². The molecule has 6 heteroatoms. The zero-order chi connectivity index (χ0) is 13.6. The predicted molar refractivity (Wildman–Crippen MR) is 64.7 cm³/mol. The number of nitrogens with zero attached hydrogens (tertiary/aromatic N) is 1. The van der Waals surface area contributed by atoms with E-state index in [1.165, 1.54) is 4.57 Å². The van der Waals surface area contributed by atoms with Gasteiger partial charge in [0.25, 0.3) is 0 Å². The van der Waals surface area contributed by atoms with E-state index in [4.69, 9.17) is 9.84 Å². The SMILES string of the molecule is O=CC(CCC(=O)O)n1cc2c(c1O)C1OC1C=C2. The quantitative estimate of drug-likeness (QED) is 0.616. The molecule has 2 N–H and O–H groups in total. The molecule has 1 aliphatic carbocycles. The maximum Gasteiger partial charge on any atom is 0.303 e. The third-order valence-corrected chi connectivity index (χ3v) is 3.52. The molecule has 1 aromatic heterocycles. The van der Waals surface area contributed by atoms with Gasteiger partial charge in [-0.1, -0.05) is 12.2 Å². The molecule has 1 saturated heterocycles. The van der Waals surface area contributed by atoms with E-state index in [0.29, 0.717) is 11.8 Å². The molecule has 0 spiro atoms. The molecule has 1 aromatic rings. The van der Waals surface area contributed by atoms with Crippen LogP contribution in [0.2, 0.25) is 0 Å². The normalized spacial score (nSPS) is 24.4. The molecule has 0 amide bonds. The van der Waals surface area contributed by atoms with Crippen molar-refractivity contribution in [2.45, 2.75) is 31.1 Å². The highest BCUT2D eigenvalue weighted by molar-refractivity contribution is 5.69. The first-order valence-electron chi connectivity index (χ1n) is 6.06. The first-order chi connectivity index (χ1) is 9.11. The molecule has 2 aliphatic rings. The van der Waals surface area contributed by atoms with Crippen molar-refractivity contribution >= 4 is 18.3 Å². The number of aromatic hydroxyl groups is 1. The molecular formula is C13H13NO5. The van der Waals surface area contributed by atoms with E-state index >= 15 is 0 Å². The van der Waals surface area contributed by atoms with Gasteiger partial charge in [-0.05, 0) is 6.42 Å². The maximum absolute atomic E-state index is 11.1. The van der Waals surface area contributed by atoms with Crippen LogP contribution in [0.1, 0.15) is 36.1 Å². The van der Waals surface area contributed by atoms with Crippen molar-refractivity contribution in [3.8, 4) is 5.88 Å². The van der Waals surface area contributed by atoms with E-state index in [0.717, 1.165) is 5.56 Å². The molecule has 2 heterocycles. The third-order valence-electron chi connectivity index (χ3n) is 3.52.